The molecule has 0 aromatic heterocycles. The van der Waals surface area contributed by atoms with Crippen molar-refractivity contribution >= 4 is 11.9 Å². The van der Waals surface area contributed by atoms with Gasteiger partial charge in [0.15, 0.2) is 0 Å². The molecule has 5 nitrogen and oxygen atoms in total. The maximum Gasteiger partial charge on any atom is 0.349 e. The minimum absolute atomic E-state index is 0.107. The smallest absolute Gasteiger partial charge is 0.349 e. The zero-order valence-corrected chi connectivity index (χ0v) is 13.7. The highest BCUT2D eigenvalue weighted by atomic mass is 19.3. The van der Waals surface area contributed by atoms with Crippen molar-refractivity contribution in [2.24, 2.45) is 0 Å². The number of aliphatic hydroxyl groups excluding tert-OH is 1. The maximum absolute atomic E-state index is 13.9. The number of ether oxygens (including phenoxy) is 1. The number of hydrogen-bond acceptors (Lipinski definition) is 4. The number of nitrogens with one attached hydrogen (secondary N) is 1. The van der Waals surface area contributed by atoms with E-state index in [-0.39, 0.29) is 19.4 Å². The van der Waals surface area contributed by atoms with Crippen LogP contribution in [0.15, 0.2) is 0 Å². The van der Waals surface area contributed by atoms with E-state index in [0.717, 1.165) is 32.1 Å². The van der Waals surface area contributed by atoms with Crippen LogP contribution in [0.4, 0.5) is 8.78 Å². The van der Waals surface area contributed by atoms with Gasteiger partial charge >= 0.3 is 11.9 Å². The third-order valence-electron chi connectivity index (χ3n) is 4.04. The zero-order chi connectivity index (χ0) is 17.3. The van der Waals surface area contributed by atoms with Gasteiger partial charge in [0.2, 0.25) is 0 Å². The van der Waals surface area contributed by atoms with Crippen LogP contribution in [-0.2, 0) is 14.3 Å². The molecule has 0 saturated carbocycles. The van der Waals surface area contributed by atoms with Crippen LogP contribution in [0.5, 0.6) is 0 Å². The van der Waals surface area contributed by atoms with E-state index in [9.17, 15) is 23.5 Å². The SMILES string of the molecule is CCCCCCCCCC(O)C(F)(F)C(=O)NC1CCOC1=O. The topological polar surface area (TPSA) is 75.6 Å². The summed E-state index contributed by atoms with van der Waals surface area (Å²) in [6, 6.07) is -1.04. The van der Waals surface area contributed by atoms with E-state index in [2.05, 4.69) is 11.7 Å². The standard InChI is InChI=1S/C16H27F2NO4/c1-2-3-4-5-6-7-8-9-13(20)16(17,18)15(22)19-12-10-11-23-14(12)21/h12-13,20H,2-11H2,1H3,(H,19,22). The van der Waals surface area contributed by atoms with Gasteiger partial charge in [-0.2, -0.15) is 8.78 Å². The molecule has 1 aliphatic heterocycles. The van der Waals surface area contributed by atoms with Gasteiger partial charge in [-0.1, -0.05) is 51.9 Å². The highest BCUT2D eigenvalue weighted by Crippen LogP contribution is 2.24. The van der Waals surface area contributed by atoms with Gasteiger partial charge in [0.05, 0.1) is 6.61 Å². The van der Waals surface area contributed by atoms with Gasteiger partial charge in [-0.3, -0.25) is 4.79 Å². The second-order valence-electron chi connectivity index (χ2n) is 6.03. The lowest BCUT2D eigenvalue weighted by molar-refractivity contribution is -0.166. The quantitative estimate of drug-likeness (QED) is 0.449. The minimum atomic E-state index is -3.90. The number of alkyl halides is 2. The summed E-state index contributed by atoms with van der Waals surface area (Å²) >= 11 is 0. The van der Waals surface area contributed by atoms with Crippen molar-refractivity contribution in [1.82, 2.24) is 5.32 Å². The molecule has 2 unspecified atom stereocenters. The summed E-state index contributed by atoms with van der Waals surface area (Å²) in [5, 5.41) is 11.6. The average molecular weight is 335 g/mol. The molecule has 1 aliphatic rings. The lowest BCUT2D eigenvalue weighted by Gasteiger charge is -2.22. The number of hydrogen-bond donors (Lipinski definition) is 2. The van der Waals surface area contributed by atoms with Crippen molar-refractivity contribution in [3.8, 4) is 0 Å². The van der Waals surface area contributed by atoms with Crippen LogP contribution in [0.2, 0.25) is 0 Å². The molecule has 0 radical (unpaired) electrons. The van der Waals surface area contributed by atoms with Gasteiger partial charge in [0, 0.05) is 6.42 Å². The summed E-state index contributed by atoms with van der Waals surface area (Å²) in [7, 11) is 0. The summed E-state index contributed by atoms with van der Waals surface area (Å²) in [6.07, 6.45) is 4.67. The summed E-state index contributed by atoms with van der Waals surface area (Å²) in [4.78, 5) is 22.8. The highest BCUT2D eigenvalue weighted by Gasteiger charge is 2.47. The molecule has 1 heterocycles. The number of halogens is 2. The van der Waals surface area contributed by atoms with Crippen LogP contribution in [-0.4, -0.2) is 41.7 Å². The first-order valence-electron chi connectivity index (χ1n) is 8.43. The van der Waals surface area contributed by atoms with Crippen molar-refractivity contribution in [3.05, 3.63) is 0 Å². The Balaban J connectivity index is 2.27. The number of aliphatic hydroxyl groups is 1. The second kappa shape index (κ2) is 9.80. The molecule has 23 heavy (non-hydrogen) atoms. The van der Waals surface area contributed by atoms with Gasteiger partial charge in [0.25, 0.3) is 5.91 Å². The van der Waals surface area contributed by atoms with Crippen LogP contribution in [0.1, 0.15) is 64.7 Å². The van der Waals surface area contributed by atoms with Crippen LogP contribution >= 0.6 is 0 Å². The molecule has 0 aromatic carbocycles. The monoisotopic (exact) mass is 335 g/mol. The van der Waals surface area contributed by atoms with Crippen LogP contribution in [0.3, 0.4) is 0 Å². The Morgan fingerprint density at radius 1 is 1.30 bits per heavy atom. The summed E-state index contributed by atoms with van der Waals surface area (Å²) < 4.78 is 32.3. The number of esters is 1. The number of carbonyl (C=O) groups excluding carboxylic acids is 2. The fourth-order valence-electron chi connectivity index (χ4n) is 2.51. The van der Waals surface area contributed by atoms with E-state index >= 15 is 0 Å². The predicted octanol–water partition coefficient (Wildman–Crippen LogP) is 2.56. The molecule has 0 spiro atoms. The lowest BCUT2D eigenvalue weighted by atomic mass is 10.0. The fourth-order valence-corrected chi connectivity index (χ4v) is 2.51. The molecule has 0 aromatic rings. The first-order valence-corrected chi connectivity index (χ1v) is 8.43. The predicted molar refractivity (Wildman–Crippen MR) is 81.1 cm³/mol. The van der Waals surface area contributed by atoms with E-state index in [1.165, 1.54) is 6.42 Å². The Morgan fingerprint density at radius 2 is 1.91 bits per heavy atom. The number of amides is 1. The average Bonchev–Trinajstić information content (AvgIpc) is 2.91. The molecule has 1 amide bonds. The van der Waals surface area contributed by atoms with Gasteiger partial charge < -0.3 is 15.2 Å². The summed E-state index contributed by atoms with van der Waals surface area (Å²) in [6.45, 7) is 2.23. The minimum Gasteiger partial charge on any atom is -0.464 e. The van der Waals surface area contributed by atoms with Gasteiger partial charge in [-0.15, -0.1) is 0 Å². The summed E-state index contributed by atoms with van der Waals surface area (Å²) in [5.41, 5.74) is 0. The Hall–Kier alpha value is -1.24. The van der Waals surface area contributed by atoms with E-state index < -0.39 is 29.9 Å². The maximum atomic E-state index is 13.9. The molecule has 2 atom stereocenters. The number of rotatable bonds is 11. The molecular weight excluding hydrogens is 308 g/mol. The molecule has 7 heteroatoms. The summed E-state index contributed by atoms with van der Waals surface area (Å²) in [5.74, 6) is -6.22. The first-order chi connectivity index (χ1) is 10.9. The largest absolute Gasteiger partial charge is 0.464 e. The Bertz CT molecular complexity index is 390. The molecule has 0 bridgehead atoms. The van der Waals surface area contributed by atoms with Gasteiger partial charge in [-0.25, -0.2) is 4.79 Å². The van der Waals surface area contributed by atoms with Crippen LogP contribution < -0.4 is 5.32 Å². The molecule has 0 aliphatic carbocycles. The third kappa shape index (κ3) is 6.41. The fraction of sp³-hybridized carbons (Fsp3) is 0.875. The van der Waals surface area contributed by atoms with Gasteiger partial charge in [0.1, 0.15) is 12.1 Å². The first kappa shape index (κ1) is 19.8. The Labute approximate surface area is 135 Å². The number of carbonyl (C=O) groups is 2. The molecule has 1 saturated heterocycles. The Morgan fingerprint density at radius 3 is 2.48 bits per heavy atom. The van der Waals surface area contributed by atoms with Crippen LogP contribution in [0.25, 0.3) is 0 Å². The molecule has 1 rings (SSSR count). The zero-order valence-electron chi connectivity index (χ0n) is 13.7. The van der Waals surface area contributed by atoms with Crippen molar-refractivity contribution in [2.75, 3.05) is 6.61 Å². The van der Waals surface area contributed by atoms with Crippen LogP contribution in [0, 0.1) is 0 Å². The lowest BCUT2D eigenvalue weighted by Crippen LogP contribution is -2.52. The van der Waals surface area contributed by atoms with E-state index in [1.807, 2.05) is 5.32 Å². The van der Waals surface area contributed by atoms with E-state index in [1.54, 1.807) is 0 Å². The normalized spacial score (nSPS) is 19.5. The Kier molecular flexibility index (Phi) is 8.44. The number of cyclic esters (lactones) is 1. The second-order valence-corrected chi connectivity index (χ2v) is 6.03. The van der Waals surface area contributed by atoms with Crippen molar-refractivity contribution < 1.29 is 28.2 Å². The van der Waals surface area contributed by atoms with E-state index in [0.29, 0.717) is 6.42 Å². The molecular formula is C16H27F2NO4. The van der Waals surface area contributed by atoms with Crippen molar-refractivity contribution in [2.45, 2.75) is 82.8 Å². The van der Waals surface area contributed by atoms with Crippen molar-refractivity contribution in [3.63, 3.8) is 0 Å². The van der Waals surface area contributed by atoms with Gasteiger partial charge in [-0.05, 0) is 6.42 Å². The van der Waals surface area contributed by atoms with E-state index in [4.69, 9.17) is 0 Å². The third-order valence-corrected chi connectivity index (χ3v) is 4.04. The van der Waals surface area contributed by atoms with Crippen molar-refractivity contribution in [1.29, 1.82) is 0 Å². The molecule has 2 N–H and O–H groups in total. The molecule has 134 valence electrons. The number of unbranched alkanes of at least 4 members (excludes halogenated alkanes) is 6. The highest BCUT2D eigenvalue weighted by molar-refractivity contribution is 5.89. The molecule has 1 fully saturated rings.